The van der Waals surface area contributed by atoms with Crippen LogP contribution in [0.25, 0.3) is 0 Å². The van der Waals surface area contributed by atoms with Gasteiger partial charge in [-0.25, -0.2) is 17.2 Å². The first-order valence-electron chi connectivity index (χ1n) is 6.98. The fraction of sp³-hybridized carbons (Fsp3) is 0.500. The van der Waals surface area contributed by atoms with Crippen molar-refractivity contribution in [2.75, 3.05) is 19.7 Å². The fourth-order valence-electron chi connectivity index (χ4n) is 2.45. The number of piperidine rings is 1. The molecule has 0 spiro atoms. The largest absolute Gasteiger partial charge is 0.466 e. The van der Waals surface area contributed by atoms with Crippen LogP contribution in [0.5, 0.6) is 0 Å². The summed E-state index contributed by atoms with van der Waals surface area (Å²) in [6, 6.07) is 2.92. The normalized spacial score (nSPS) is 17.4. The lowest BCUT2D eigenvalue weighted by atomic mass is 9.98. The molecule has 2 rings (SSSR count). The minimum absolute atomic E-state index is 0.0274. The molecule has 0 radical (unpaired) electrons. The van der Waals surface area contributed by atoms with Gasteiger partial charge in [-0.05, 0) is 31.9 Å². The summed E-state index contributed by atoms with van der Waals surface area (Å²) in [5.41, 5.74) is 0. The van der Waals surface area contributed by atoms with E-state index < -0.39 is 26.6 Å². The molecule has 122 valence electrons. The van der Waals surface area contributed by atoms with E-state index in [1.54, 1.807) is 6.92 Å². The lowest BCUT2D eigenvalue weighted by Gasteiger charge is -2.30. The monoisotopic (exact) mass is 333 g/mol. The molecule has 1 aliphatic heterocycles. The van der Waals surface area contributed by atoms with Crippen LogP contribution in [0, 0.1) is 17.6 Å². The Balaban J connectivity index is 2.15. The van der Waals surface area contributed by atoms with Crippen LogP contribution in [0.15, 0.2) is 23.1 Å². The van der Waals surface area contributed by atoms with E-state index in [9.17, 15) is 22.0 Å². The van der Waals surface area contributed by atoms with Gasteiger partial charge >= 0.3 is 5.97 Å². The van der Waals surface area contributed by atoms with E-state index in [1.807, 2.05) is 0 Å². The van der Waals surface area contributed by atoms with Crippen molar-refractivity contribution in [1.29, 1.82) is 0 Å². The summed E-state index contributed by atoms with van der Waals surface area (Å²) in [5.74, 6) is -2.98. The highest BCUT2D eigenvalue weighted by atomic mass is 32.2. The number of halogens is 2. The molecule has 8 heteroatoms. The Morgan fingerprint density at radius 1 is 1.27 bits per heavy atom. The standard InChI is InChI=1S/C14H17F2NO4S/c1-2-21-14(18)10-6-8-17(9-7-10)22(19,20)13-11(15)4-3-5-12(13)16/h3-5,10H,2,6-9H2,1H3. The van der Waals surface area contributed by atoms with Gasteiger partial charge in [0.15, 0.2) is 4.90 Å². The molecule has 1 aliphatic rings. The lowest BCUT2D eigenvalue weighted by Crippen LogP contribution is -2.41. The summed E-state index contributed by atoms with van der Waals surface area (Å²) < 4.78 is 58.0. The molecule has 0 N–H and O–H groups in total. The number of esters is 1. The van der Waals surface area contributed by atoms with Crippen LogP contribution in [-0.2, 0) is 19.6 Å². The summed E-state index contributed by atoms with van der Waals surface area (Å²) in [4.78, 5) is 10.7. The van der Waals surface area contributed by atoms with Crippen molar-refractivity contribution < 1.29 is 26.7 Å². The average molecular weight is 333 g/mol. The molecular weight excluding hydrogens is 316 g/mol. The van der Waals surface area contributed by atoms with E-state index >= 15 is 0 Å². The summed E-state index contributed by atoms with van der Waals surface area (Å²) in [6.45, 7) is 2.01. The lowest BCUT2D eigenvalue weighted by molar-refractivity contribution is -0.149. The molecule has 0 aliphatic carbocycles. The Kier molecular flexibility index (Phi) is 5.12. The highest BCUT2D eigenvalue weighted by molar-refractivity contribution is 7.89. The molecule has 0 atom stereocenters. The Bertz CT molecular complexity index is 635. The molecule has 1 saturated heterocycles. The molecule has 5 nitrogen and oxygen atoms in total. The minimum Gasteiger partial charge on any atom is -0.466 e. The number of carbonyl (C=O) groups excluding carboxylic acids is 1. The van der Waals surface area contributed by atoms with Crippen molar-refractivity contribution in [2.45, 2.75) is 24.7 Å². The van der Waals surface area contributed by atoms with E-state index in [2.05, 4.69) is 0 Å². The third kappa shape index (κ3) is 3.27. The number of benzene rings is 1. The average Bonchev–Trinajstić information content (AvgIpc) is 2.47. The Hall–Kier alpha value is -1.54. The second-order valence-corrected chi connectivity index (χ2v) is 6.86. The maximum atomic E-state index is 13.7. The van der Waals surface area contributed by atoms with Crippen molar-refractivity contribution >= 4 is 16.0 Å². The van der Waals surface area contributed by atoms with Crippen molar-refractivity contribution in [3.05, 3.63) is 29.8 Å². The van der Waals surface area contributed by atoms with Crippen LogP contribution >= 0.6 is 0 Å². The highest BCUT2D eigenvalue weighted by Gasteiger charge is 2.35. The van der Waals surface area contributed by atoms with Gasteiger partial charge in [0.1, 0.15) is 11.6 Å². The second-order valence-electron chi connectivity index (χ2n) is 4.98. The van der Waals surface area contributed by atoms with Crippen LogP contribution in [-0.4, -0.2) is 38.4 Å². The predicted octanol–water partition coefficient (Wildman–Crippen LogP) is 1.93. The van der Waals surface area contributed by atoms with Gasteiger partial charge in [0.25, 0.3) is 0 Å². The molecule has 1 fully saturated rings. The molecule has 0 aromatic heterocycles. The van der Waals surface area contributed by atoms with Gasteiger partial charge in [-0.15, -0.1) is 0 Å². The SMILES string of the molecule is CCOC(=O)C1CCN(S(=O)(=O)c2c(F)cccc2F)CC1. The van der Waals surface area contributed by atoms with Crippen molar-refractivity contribution in [3.63, 3.8) is 0 Å². The van der Waals surface area contributed by atoms with Gasteiger partial charge in [-0.3, -0.25) is 4.79 Å². The number of carbonyl (C=O) groups is 1. The van der Waals surface area contributed by atoms with Crippen LogP contribution in [0.4, 0.5) is 8.78 Å². The van der Waals surface area contributed by atoms with Crippen LogP contribution < -0.4 is 0 Å². The highest BCUT2D eigenvalue weighted by Crippen LogP contribution is 2.27. The minimum atomic E-state index is -4.25. The van der Waals surface area contributed by atoms with Crippen molar-refractivity contribution in [1.82, 2.24) is 4.31 Å². The predicted molar refractivity (Wildman–Crippen MR) is 74.5 cm³/mol. The molecule has 0 saturated carbocycles. The van der Waals surface area contributed by atoms with E-state index in [4.69, 9.17) is 4.74 Å². The summed E-state index contributed by atoms with van der Waals surface area (Å²) in [5, 5.41) is 0. The van der Waals surface area contributed by atoms with Gasteiger partial charge in [0.2, 0.25) is 10.0 Å². The van der Waals surface area contributed by atoms with E-state index in [0.29, 0.717) is 0 Å². The number of sulfonamides is 1. The molecule has 0 unspecified atom stereocenters. The molecule has 0 bridgehead atoms. The number of nitrogens with zero attached hydrogens (tertiary/aromatic N) is 1. The number of ether oxygens (including phenoxy) is 1. The van der Waals surface area contributed by atoms with E-state index in [-0.39, 0.29) is 44.4 Å². The van der Waals surface area contributed by atoms with E-state index in [0.717, 1.165) is 22.5 Å². The topological polar surface area (TPSA) is 63.7 Å². The van der Waals surface area contributed by atoms with Crippen LogP contribution in [0.2, 0.25) is 0 Å². The van der Waals surface area contributed by atoms with Gasteiger partial charge < -0.3 is 4.74 Å². The Labute approximate surface area is 127 Å². The van der Waals surface area contributed by atoms with E-state index in [1.165, 1.54) is 0 Å². The molecule has 1 heterocycles. The molecular formula is C14H17F2NO4S. The number of rotatable bonds is 4. The second kappa shape index (κ2) is 6.70. The Morgan fingerprint density at radius 2 is 1.82 bits per heavy atom. The van der Waals surface area contributed by atoms with Crippen LogP contribution in [0.3, 0.4) is 0 Å². The molecule has 0 amide bonds. The Morgan fingerprint density at radius 3 is 2.32 bits per heavy atom. The van der Waals surface area contributed by atoms with Crippen molar-refractivity contribution in [3.8, 4) is 0 Å². The zero-order chi connectivity index (χ0) is 16.3. The van der Waals surface area contributed by atoms with Crippen LogP contribution in [0.1, 0.15) is 19.8 Å². The smallest absolute Gasteiger partial charge is 0.309 e. The van der Waals surface area contributed by atoms with Gasteiger partial charge in [0, 0.05) is 13.1 Å². The summed E-state index contributed by atoms with van der Waals surface area (Å²) >= 11 is 0. The number of hydrogen-bond acceptors (Lipinski definition) is 4. The maximum Gasteiger partial charge on any atom is 0.309 e. The first kappa shape index (κ1) is 16.8. The molecule has 22 heavy (non-hydrogen) atoms. The third-order valence-electron chi connectivity index (χ3n) is 3.59. The zero-order valence-electron chi connectivity index (χ0n) is 12.1. The molecule has 1 aromatic carbocycles. The van der Waals surface area contributed by atoms with Gasteiger partial charge in [0.05, 0.1) is 12.5 Å². The quantitative estimate of drug-likeness (QED) is 0.790. The van der Waals surface area contributed by atoms with Gasteiger partial charge in [-0.1, -0.05) is 6.07 Å². The fourth-order valence-corrected chi connectivity index (χ4v) is 4.03. The summed E-state index contributed by atoms with van der Waals surface area (Å²) in [7, 11) is -4.25. The van der Waals surface area contributed by atoms with Gasteiger partial charge in [-0.2, -0.15) is 4.31 Å². The van der Waals surface area contributed by atoms with Crippen molar-refractivity contribution in [2.24, 2.45) is 5.92 Å². The third-order valence-corrected chi connectivity index (χ3v) is 5.54. The summed E-state index contributed by atoms with van der Waals surface area (Å²) in [6.07, 6.45) is 0.544. The zero-order valence-corrected chi connectivity index (χ0v) is 12.9. The molecule has 1 aromatic rings. The number of hydrogen-bond donors (Lipinski definition) is 0. The first-order valence-corrected chi connectivity index (χ1v) is 8.42. The first-order chi connectivity index (χ1) is 10.4. The maximum absolute atomic E-state index is 13.7.